The predicted octanol–water partition coefficient (Wildman–Crippen LogP) is 3.31. The lowest BCUT2D eigenvalue weighted by molar-refractivity contribution is 0.0696. The van der Waals surface area contributed by atoms with Crippen LogP contribution in [-0.2, 0) is 6.54 Å². The third kappa shape index (κ3) is 4.08. The molecule has 21 heavy (non-hydrogen) atoms. The first kappa shape index (κ1) is 14.6. The Balaban J connectivity index is 2.21. The molecule has 2 aromatic rings. The molecule has 0 amide bonds. The molecule has 0 aliphatic rings. The maximum absolute atomic E-state index is 11.0. The van der Waals surface area contributed by atoms with Crippen LogP contribution in [0.25, 0.3) is 0 Å². The lowest BCUT2D eigenvalue weighted by Gasteiger charge is -2.24. The largest absolute Gasteiger partial charge is 0.478 e. The van der Waals surface area contributed by atoms with E-state index in [9.17, 15) is 4.79 Å². The smallest absolute Gasteiger partial charge is 0.335 e. The number of para-hydroxylation sites is 1. The Morgan fingerprint density at radius 1 is 1.14 bits per heavy atom. The summed E-state index contributed by atoms with van der Waals surface area (Å²) in [5.41, 5.74) is 2.21. The molecule has 0 radical (unpaired) electrons. The SMILES string of the molecule is N#CCCN(Cc1cccc(C(=O)O)c1)c1ccccc1. The van der Waals surface area contributed by atoms with Crippen molar-refractivity contribution < 1.29 is 9.90 Å². The molecule has 4 nitrogen and oxygen atoms in total. The molecule has 2 aromatic carbocycles. The van der Waals surface area contributed by atoms with Gasteiger partial charge in [0.2, 0.25) is 0 Å². The molecule has 2 rings (SSSR count). The van der Waals surface area contributed by atoms with Gasteiger partial charge in [-0.3, -0.25) is 0 Å². The number of hydrogen-bond donors (Lipinski definition) is 1. The van der Waals surface area contributed by atoms with Crippen LogP contribution in [0.2, 0.25) is 0 Å². The van der Waals surface area contributed by atoms with Crippen molar-refractivity contribution in [2.24, 2.45) is 0 Å². The van der Waals surface area contributed by atoms with E-state index in [-0.39, 0.29) is 5.56 Å². The van der Waals surface area contributed by atoms with Gasteiger partial charge in [0.25, 0.3) is 0 Å². The number of hydrogen-bond acceptors (Lipinski definition) is 3. The molecule has 0 fully saturated rings. The Morgan fingerprint density at radius 3 is 2.57 bits per heavy atom. The number of benzene rings is 2. The van der Waals surface area contributed by atoms with E-state index in [1.165, 1.54) is 0 Å². The average Bonchev–Trinajstić information content (AvgIpc) is 2.52. The first-order chi connectivity index (χ1) is 10.2. The van der Waals surface area contributed by atoms with Gasteiger partial charge in [-0.15, -0.1) is 0 Å². The molecule has 106 valence electrons. The third-order valence-corrected chi connectivity index (χ3v) is 3.16. The molecule has 0 atom stereocenters. The second-order valence-corrected chi connectivity index (χ2v) is 4.67. The Kier molecular flexibility index (Phi) is 4.94. The highest BCUT2D eigenvalue weighted by Gasteiger charge is 2.09. The Bertz CT molecular complexity index is 647. The van der Waals surface area contributed by atoms with E-state index in [1.807, 2.05) is 36.4 Å². The van der Waals surface area contributed by atoms with Gasteiger partial charge in [-0.05, 0) is 29.8 Å². The molecule has 0 heterocycles. The number of nitriles is 1. The topological polar surface area (TPSA) is 64.3 Å². The molecular weight excluding hydrogens is 264 g/mol. The summed E-state index contributed by atoms with van der Waals surface area (Å²) >= 11 is 0. The fourth-order valence-corrected chi connectivity index (χ4v) is 2.15. The summed E-state index contributed by atoms with van der Waals surface area (Å²) in [6.45, 7) is 1.19. The molecule has 0 aromatic heterocycles. The van der Waals surface area contributed by atoms with Gasteiger partial charge in [-0.2, -0.15) is 5.26 Å². The van der Waals surface area contributed by atoms with E-state index in [2.05, 4.69) is 11.0 Å². The summed E-state index contributed by atoms with van der Waals surface area (Å²) in [6.07, 6.45) is 0.424. The quantitative estimate of drug-likeness (QED) is 0.881. The van der Waals surface area contributed by atoms with E-state index in [0.717, 1.165) is 11.3 Å². The van der Waals surface area contributed by atoms with Gasteiger partial charge in [0.15, 0.2) is 0 Å². The summed E-state index contributed by atoms with van der Waals surface area (Å²) in [5, 5.41) is 17.8. The molecule has 4 heteroatoms. The lowest BCUT2D eigenvalue weighted by Crippen LogP contribution is -2.23. The normalized spacial score (nSPS) is 9.86. The minimum Gasteiger partial charge on any atom is -0.478 e. The van der Waals surface area contributed by atoms with Gasteiger partial charge in [-0.1, -0.05) is 30.3 Å². The minimum absolute atomic E-state index is 0.279. The Hall–Kier alpha value is -2.80. The summed E-state index contributed by atoms with van der Waals surface area (Å²) in [7, 11) is 0. The van der Waals surface area contributed by atoms with Crippen LogP contribution < -0.4 is 4.90 Å². The molecule has 0 unspecified atom stereocenters. The van der Waals surface area contributed by atoms with Crippen molar-refractivity contribution in [2.75, 3.05) is 11.4 Å². The molecular formula is C17H16N2O2. The van der Waals surface area contributed by atoms with Crippen molar-refractivity contribution in [1.29, 1.82) is 5.26 Å². The first-order valence-electron chi connectivity index (χ1n) is 6.70. The Labute approximate surface area is 123 Å². The number of carbonyl (C=O) groups is 1. The second-order valence-electron chi connectivity index (χ2n) is 4.67. The zero-order valence-corrected chi connectivity index (χ0v) is 11.6. The van der Waals surface area contributed by atoms with Crippen LogP contribution in [0.5, 0.6) is 0 Å². The standard InChI is InChI=1S/C17H16N2O2/c18-10-5-11-19(16-8-2-1-3-9-16)13-14-6-4-7-15(12-14)17(20)21/h1-4,6-9,12H,5,11,13H2,(H,20,21). The van der Waals surface area contributed by atoms with Gasteiger partial charge in [-0.25, -0.2) is 4.79 Å². The van der Waals surface area contributed by atoms with Crippen molar-refractivity contribution in [2.45, 2.75) is 13.0 Å². The highest BCUT2D eigenvalue weighted by atomic mass is 16.4. The van der Waals surface area contributed by atoms with E-state index < -0.39 is 5.97 Å². The van der Waals surface area contributed by atoms with Crippen molar-refractivity contribution in [1.82, 2.24) is 0 Å². The second kappa shape index (κ2) is 7.11. The van der Waals surface area contributed by atoms with E-state index in [1.54, 1.807) is 18.2 Å². The predicted molar refractivity (Wildman–Crippen MR) is 81.1 cm³/mol. The van der Waals surface area contributed by atoms with Gasteiger partial charge in [0, 0.05) is 18.8 Å². The van der Waals surface area contributed by atoms with E-state index in [0.29, 0.717) is 19.5 Å². The minimum atomic E-state index is -0.930. The molecule has 1 N–H and O–H groups in total. The van der Waals surface area contributed by atoms with E-state index >= 15 is 0 Å². The number of nitrogens with zero attached hydrogens (tertiary/aromatic N) is 2. The van der Waals surface area contributed by atoms with Gasteiger partial charge >= 0.3 is 5.97 Å². The van der Waals surface area contributed by atoms with E-state index in [4.69, 9.17) is 10.4 Å². The first-order valence-corrected chi connectivity index (χ1v) is 6.70. The van der Waals surface area contributed by atoms with Crippen LogP contribution in [0.4, 0.5) is 5.69 Å². The monoisotopic (exact) mass is 280 g/mol. The summed E-state index contributed by atoms with van der Waals surface area (Å²) in [5.74, 6) is -0.930. The maximum Gasteiger partial charge on any atom is 0.335 e. The zero-order valence-electron chi connectivity index (χ0n) is 11.6. The summed E-state index contributed by atoms with van der Waals surface area (Å²) < 4.78 is 0. The number of carboxylic acids is 1. The third-order valence-electron chi connectivity index (χ3n) is 3.16. The van der Waals surface area contributed by atoms with Crippen molar-refractivity contribution in [3.8, 4) is 6.07 Å². The highest BCUT2D eigenvalue weighted by molar-refractivity contribution is 5.87. The van der Waals surface area contributed by atoms with Gasteiger partial charge in [0.05, 0.1) is 18.1 Å². The average molecular weight is 280 g/mol. The van der Waals surface area contributed by atoms with Crippen molar-refractivity contribution in [3.63, 3.8) is 0 Å². The molecule has 0 saturated heterocycles. The van der Waals surface area contributed by atoms with Crippen LogP contribution in [0.1, 0.15) is 22.3 Å². The van der Waals surface area contributed by atoms with Crippen LogP contribution in [-0.4, -0.2) is 17.6 Å². The Morgan fingerprint density at radius 2 is 1.90 bits per heavy atom. The number of rotatable bonds is 6. The molecule has 0 aliphatic heterocycles. The van der Waals surface area contributed by atoms with Crippen LogP contribution in [0, 0.1) is 11.3 Å². The zero-order chi connectivity index (χ0) is 15.1. The van der Waals surface area contributed by atoms with Crippen LogP contribution >= 0.6 is 0 Å². The van der Waals surface area contributed by atoms with Gasteiger partial charge in [0.1, 0.15) is 0 Å². The number of carboxylic acid groups (broad SMARTS) is 1. The van der Waals surface area contributed by atoms with Crippen LogP contribution in [0.15, 0.2) is 54.6 Å². The summed E-state index contributed by atoms with van der Waals surface area (Å²) in [4.78, 5) is 13.1. The fourth-order valence-electron chi connectivity index (χ4n) is 2.15. The fraction of sp³-hybridized carbons (Fsp3) is 0.176. The maximum atomic E-state index is 11.0. The molecule has 0 aliphatic carbocycles. The summed E-state index contributed by atoms with van der Waals surface area (Å²) in [6, 6.07) is 18.8. The van der Waals surface area contributed by atoms with Crippen molar-refractivity contribution in [3.05, 3.63) is 65.7 Å². The molecule has 0 bridgehead atoms. The van der Waals surface area contributed by atoms with Crippen molar-refractivity contribution >= 4 is 11.7 Å². The lowest BCUT2D eigenvalue weighted by atomic mass is 10.1. The highest BCUT2D eigenvalue weighted by Crippen LogP contribution is 2.17. The molecule has 0 spiro atoms. The molecule has 0 saturated carbocycles. The van der Waals surface area contributed by atoms with Gasteiger partial charge < -0.3 is 10.0 Å². The number of anilines is 1. The number of aromatic carboxylic acids is 1. The van der Waals surface area contributed by atoms with Crippen LogP contribution in [0.3, 0.4) is 0 Å².